The van der Waals surface area contributed by atoms with Crippen LogP contribution in [0.25, 0.3) is 10.8 Å². The summed E-state index contributed by atoms with van der Waals surface area (Å²) in [6.45, 7) is 1.89. The first-order valence-electron chi connectivity index (χ1n) is 4.14. The van der Waals surface area contributed by atoms with Crippen LogP contribution in [-0.4, -0.2) is 13.7 Å². The van der Waals surface area contributed by atoms with Gasteiger partial charge in [0.25, 0.3) is 0 Å². The molecule has 0 aliphatic carbocycles. The van der Waals surface area contributed by atoms with Gasteiger partial charge in [-0.3, -0.25) is 4.98 Å². The van der Waals surface area contributed by atoms with Gasteiger partial charge >= 0.3 is 0 Å². The van der Waals surface area contributed by atoms with Gasteiger partial charge in [-0.15, -0.1) is 12.4 Å². The summed E-state index contributed by atoms with van der Waals surface area (Å²) >= 11 is -1.94. The number of benzene rings is 1. The first-order valence-corrected chi connectivity index (χ1v) is 5.24. The number of hydrogen-bond acceptors (Lipinski definition) is 2. The van der Waals surface area contributed by atoms with Crippen LogP contribution in [0.4, 0.5) is 0 Å². The van der Waals surface area contributed by atoms with Crippen molar-refractivity contribution in [1.82, 2.24) is 4.98 Å². The number of pyridine rings is 1. The van der Waals surface area contributed by atoms with E-state index in [1.54, 1.807) is 24.5 Å². The van der Waals surface area contributed by atoms with E-state index in [2.05, 4.69) is 4.98 Å². The van der Waals surface area contributed by atoms with Gasteiger partial charge in [-0.25, -0.2) is 4.21 Å². The molecule has 1 N–H and O–H groups in total. The third-order valence-electron chi connectivity index (χ3n) is 2.05. The molecule has 2 rings (SSSR count). The van der Waals surface area contributed by atoms with E-state index in [4.69, 9.17) is 4.55 Å². The Morgan fingerprint density at radius 3 is 2.80 bits per heavy atom. The average Bonchev–Trinajstić information content (AvgIpc) is 2.16. The van der Waals surface area contributed by atoms with Crippen LogP contribution in [0, 0.1) is 6.92 Å². The number of nitrogens with zero attached hydrogens (tertiary/aromatic N) is 1. The number of hydrogen-bond donors (Lipinski definition) is 1. The Kier molecular flexibility index (Phi) is 3.79. The van der Waals surface area contributed by atoms with Gasteiger partial charge in [0.15, 0.2) is 11.1 Å². The lowest BCUT2D eigenvalue weighted by Crippen LogP contribution is -1.91. The fourth-order valence-electron chi connectivity index (χ4n) is 1.46. The summed E-state index contributed by atoms with van der Waals surface area (Å²) in [5, 5.41) is 1.68. The second kappa shape index (κ2) is 4.70. The van der Waals surface area contributed by atoms with E-state index in [1.165, 1.54) is 0 Å². The highest BCUT2D eigenvalue weighted by Gasteiger charge is 2.06. The maximum atomic E-state index is 11.1. The topological polar surface area (TPSA) is 50.2 Å². The van der Waals surface area contributed by atoms with Crippen molar-refractivity contribution in [2.45, 2.75) is 11.8 Å². The Morgan fingerprint density at radius 2 is 2.13 bits per heavy atom. The van der Waals surface area contributed by atoms with Crippen LogP contribution in [0.15, 0.2) is 35.5 Å². The molecule has 2 aromatic rings. The second-order valence-corrected chi connectivity index (χ2v) is 4.05. The molecule has 0 fully saturated rings. The number of fused-ring (bicyclic) bond motifs is 1. The minimum atomic E-state index is -1.94. The average molecular weight is 244 g/mol. The van der Waals surface area contributed by atoms with E-state index in [0.717, 1.165) is 16.3 Å². The highest BCUT2D eigenvalue weighted by Crippen LogP contribution is 2.21. The molecule has 0 saturated heterocycles. The SMILES string of the molecule is Cc1cc(S(=O)O)c2ccncc2c1.Cl. The Bertz CT molecular complexity index is 516. The van der Waals surface area contributed by atoms with Crippen LogP contribution in [0.3, 0.4) is 0 Å². The fourth-order valence-corrected chi connectivity index (χ4v) is 2.12. The molecule has 0 amide bonds. The summed E-state index contributed by atoms with van der Waals surface area (Å²) in [7, 11) is 0. The number of aromatic nitrogens is 1. The molecule has 1 aromatic carbocycles. The Labute approximate surface area is 96.2 Å². The van der Waals surface area contributed by atoms with Gasteiger partial charge in [0.05, 0.1) is 4.90 Å². The van der Waals surface area contributed by atoms with Crippen molar-refractivity contribution in [2.75, 3.05) is 0 Å². The molecule has 0 aliphatic rings. The lowest BCUT2D eigenvalue weighted by Gasteiger charge is -2.03. The van der Waals surface area contributed by atoms with Crippen LogP contribution in [-0.2, 0) is 11.1 Å². The van der Waals surface area contributed by atoms with E-state index in [0.29, 0.717) is 4.90 Å². The number of halogens is 1. The molecule has 0 saturated carbocycles. The van der Waals surface area contributed by atoms with Crippen LogP contribution in [0.2, 0.25) is 0 Å². The number of rotatable bonds is 1. The summed E-state index contributed by atoms with van der Waals surface area (Å²) in [4.78, 5) is 4.42. The molecule has 1 unspecified atom stereocenters. The summed E-state index contributed by atoms with van der Waals surface area (Å²) < 4.78 is 20.2. The zero-order valence-corrected chi connectivity index (χ0v) is 9.64. The first-order chi connectivity index (χ1) is 6.68. The van der Waals surface area contributed by atoms with E-state index in [1.807, 2.05) is 13.0 Å². The molecule has 0 radical (unpaired) electrons. The lowest BCUT2D eigenvalue weighted by molar-refractivity contribution is 0.565. The normalized spacial score (nSPS) is 12.1. The first kappa shape index (κ1) is 12.1. The molecule has 0 bridgehead atoms. The van der Waals surface area contributed by atoms with E-state index >= 15 is 0 Å². The van der Waals surface area contributed by atoms with Gasteiger partial charge < -0.3 is 4.55 Å². The van der Waals surface area contributed by atoms with Gasteiger partial charge in [-0.2, -0.15) is 0 Å². The lowest BCUT2D eigenvalue weighted by atomic mass is 10.1. The van der Waals surface area contributed by atoms with E-state index < -0.39 is 11.1 Å². The quantitative estimate of drug-likeness (QED) is 0.783. The highest BCUT2D eigenvalue weighted by atomic mass is 35.5. The summed E-state index contributed by atoms with van der Waals surface area (Å²) in [6, 6.07) is 5.41. The summed E-state index contributed by atoms with van der Waals surface area (Å²) in [5.74, 6) is 0. The molecule has 0 aliphatic heterocycles. The van der Waals surface area contributed by atoms with Crippen molar-refractivity contribution < 1.29 is 8.76 Å². The van der Waals surface area contributed by atoms with Crippen molar-refractivity contribution in [3.05, 3.63) is 36.2 Å². The zero-order valence-electron chi connectivity index (χ0n) is 8.01. The maximum Gasteiger partial charge on any atom is 0.187 e. The smallest absolute Gasteiger partial charge is 0.187 e. The van der Waals surface area contributed by atoms with Crippen molar-refractivity contribution >= 4 is 34.3 Å². The molecule has 1 heterocycles. The highest BCUT2D eigenvalue weighted by molar-refractivity contribution is 7.79. The predicted molar refractivity (Wildman–Crippen MR) is 62.8 cm³/mol. The number of aryl methyl sites for hydroxylation is 1. The van der Waals surface area contributed by atoms with Gasteiger partial charge in [-0.1, -0.05) is 0 Å². The van der Waals surface area contributed by atoms with Crippen molar-refractivity contribution in [3.8, 4) is 0 Å². The van der Waals surface area contributed by atoms with Crippen LogP contribution in [0.5, 0.6) is 0 Å². The van der Waals surface area contributed by atoms with Gasteiger partial charge in [0.1, 0.15) is 0 Å². The van der Waals surface area contributed by atoms with Crippen LogP contribution >= 0.6 is 12.4 Å². The molecule has 1 atom stereocenters. The van der Waals surface area contributed by atoms with E-state index in [9.17, 15) is 4.21 Å². The molecule has 1 aromatic heterocycles. The Balaban J connectivity index is 0.00000112. The summed E-state index contributed by atoms with van der Waals surface area (Å²) in [6.07, 6.45) is 3.31. The largest absolute Gasteiger partial charge is 0.302 e. The molecule has 15 heavy (non-hydrogen) atoms. The minimum Gasteiger partial charge on any atom is -0.302 e. The fraction of sp³-hybridized carbons (Fsp3) is 0.100. The molecule has 0 spiro atoms. The van der Waals surface area contributed by atoms with Crippen molar-refractivity contribution in [2.24, 2.45) is 0 Å². The zero-order chi connectivity index (χ0) is 10.1. The summed E-state index contributed by atoms with van der Waals surface area (Å²) in [5.41, 5.74) is 0.961. The molecule has 3 nitrogen and oxygen atoms in total. The molecular formula is C10H10ClNO2S. The maximum absolute atomic E-state index is 11.1. The van der Waals surface area contributed by atoms with E-state index in [-0.39, 0.29) is 12.4 Å². The van der Waals surface area contributed by atoms with Crippen molar-refractivity contribution in [3.63, 3.8) is 0 Å². The standard InChI is InChI=1S/C10H9NO2S.ClH/c1-7-4-8-6-11-3-2-9(8)10(5-7)14(12)13;/h2-6H,1H3,(H,12,13);1H. The Hall–Kier alpha value is -0.970. The molecule has 80 valence electrons. The minimum absolute atomic E-state index is 0. The van der Waals surface area contributed by atoms with Gasteiger partial charge in [0.2, 0.25) is 0 Å². The predicted octanol–water partition coefficient (Wildman–Crippen LogP) is 2.55. The third kappa shape index (κ3) is 2.34. The second-order valence-electron chi connectivity index (χ2n) is 3.11. The van der Waals surface area contributed by atoms with Crippen LogP contribution < -0.4 is 0 Å². The van der Waals surface area contributed by atoms with Gasteiger partial charge in [0, 0.05) is 23.2 Å². The third-order valence-corrected chi connectivity index (χ3v) is 2.76. The monoisotopic (exact) mass is 243 g/mol. The molecule has 5 heteroatoms. The van der Waals surface area contributed by atoms with Crippen molar-refractivity contribution in [1.29, 1.82) is 0 Å². The molecular weight excluding hydrogens is 234 g/mol. The Morgan fingerprint density at radius 1 is 1.40 bits per heavy atom. The van der Waals surface area contributed by atoms with Crippen LogP contribution in [0.1, 0.15) is 5.56 Å². The van der Waals surface area contributed by atoms with Gasteiger partial charge in [-0.05, 0) is 30.7 Å².